The number of anilines is 1. The van der Waals surface area contributed by atoms with Crippen LogP contribution in [0.3, 0.4) is 0 Å². The molecule has 0 fully saturated rings. The summed E-state index contributed by atoms with van der Waals surface area (Å²) in [4.78, 5) is 7.96. The van der Waals surface area contributed by atoms with Crippen molar-refractivity contribution < 1.29 is 0 Å². The summed E-state index contributed by atoms with van der Waals surface area (Å²) in [6.45, 7) is 7.11. The molecule has 0 aliphatic heterocycles. The van der Waals surface area contributed by atoms with Crippen LogP contribution in [0.5, 0.6) is 0 Å². The van der Waals surface area contributed by atoms with Crippen LogP contribution in [0.15, 0.2) is 30.5 Å². The van der Waals surface area contributed by atoms with Gasteiger partial charge in [-0.1, -0.05) is 31.5 Å². The maximum atomic E-state index is 5.99. The molecule has 0 aliphatic rings. The van der Waals surface area contributed by atoms with E-state index in [1.54, 1.807) is 11.3 Å². The fraction of sp³-hybridized carbons (Fsp3) is 0.438. The average molecular weight is 324 g/mol. The van der Waals surface area contributed by atoms with Gasteiger partial charge in [-0.05, 0) is 30.7 Å². The topological polar surface area (TPSA) is 28.2 Å². The van der Waals surface area contributed by atoms with E-state index < -0.39 is 0 Å². The van der Waals surface area contributed by atoms with E-state index in [0.717, 1.165) is 29.8 Å². The van der Waals surface area contributed by atoms with Gasteiger partial charge in [0.05, 0.1) is 10.9 Å². The van der Waals surface area contributed by atoms with Gasteiger partial charge in [0.2, 0.25) is 0 Å². The van der Waals surface area contributed by atoms with Crippen LogP contribution in [0, 0.1) is 5.92 Å². The SMILES string of the molecule is CC(C)CNCc1cccnc1N(C)Cc1ccc(Cl)s1. The molecule has 0 saturated carbocycles. The number of aromatic nitrogens is 1. The molecule has 0 atom stereocenters. The maximum Gasteiger partial charge on any atom is 0.133 e. The third-order valence-electron chi connectivity index (χ3n) is 3.12. The highest BCUT2D eigenvalue weighted by Crippen LogP contribution is 2.25. The number of nitrogens with one attached hydrogen (secondary N) is 1. The average Bonchev–Trinajstić information content (AvgIpc) is 2.84. The van der Waals surface area contributed by atoms with E-state index in [9.17, 15) is 0 Å². The van der Waals surface area contributed by atoms with Crippen molar-refractivity contribution in [2.75, 3.05) is 18.5 Å². The second kappa shape index (κ2) is 7.78. The van der Waals surface area contributed by atoms with E-state index in [0.29, 0.717) is 5.92 Å². The Morgan fingerprint density at radius 3 is 2.81 bits per heavy atom. The monoisotopic (exact) mass is 323 g/mol. The Kier molecular flexibility index (Phi) is 6.03. The summed E-state index contributed by atoms with van der Waals surface area (Å²) in [5.74, 6) is 1.68. The van der Waals surface area contributed by atoms with Gasteiger partial charge in [-0.15, -0.1) is 11.3 Å². The normalized spacial score (nSPS) is 11.1. The van der Waals surface area contributed by atoms with Crippen molar-refractivity contribution >= 4 is 28.8 Å². The third kappa shape index (κ3) is 4.99. The molecular weight excluding hydrogens is 302 g/mol. The van der Waals surface area contributed by atoms with Crippen LogP contribution in [0.25, 0.3) is 0 Å². The van der Waals surface area contributed by atoms with Crippen molar-refractivity contribution in [2.24, 2.45) is 5.92 Å². The first-order valence-corrected chi connectivity index (χ1v) is 8.35. The van der Waals surface area contributed by atoms with Crippen LogP contribution < -0.4 is 10.2 Å². The molecule has 2 rings (SSSR count). The number of hydrogen-bond donors (Lipinski definition) is 1. The molecule has 21 heavy (non-hydrogen) atoms. The van der Waals surface area contributed by atoms with E-state index in [1.807, 2.05) is 18.3 Å². The van der Waals surface area contributed by atoms with Crippen molar-refractivity contribution in [3.63, 3.8) is 0 Å². The highest BCUT2D eigenvalue weighted by atomic mass is 35.5. The standard InChI is InChI=1S/C16H22ClN3S/c1-12(2)9-18-10-13-5-4-8-19-16(13)20(3)11-14-6-7-15(17)21-14/h4-8,12,18H,9-11H2,1-3H3. The van der Waals surface area contributed by atoms with Crippen molar-refractivity contribution in [2.45, 2.75) is 26.9 Å². The van der Waals surface area contributed by atoms with E-state index in [2.05, 4.69) is 48.2 Å². The molecule has 0 unspecified atom stereocenters. The first-order chi connectivity index (χ1) is 10.1. The first-order valence-electron chi connectivity index (χ1n) is 7.16. The van der Waals surface area contributed by atoms with Crippen molar-refractivity contribution in [3.8, 4) is 0 Å². The van der Waals surface area contributed by atoms with Crippen molar-refractivity contribution in [1.29, 1.82) is 0 Å². The van der Waals surface area contributed by atoms with Crippen molar-refractivity contribution in [1.82, 2.24) is 10.3 Å². The molecule has 2 aromatic heterocycles. The lowest BCUT2D eigenvalue weighted by atomic mass is 10.2. The molecule has 0 spiro atoms. The van der Waals surface area contributed by atoms with Gasteiger partial charge in [-0.3, -0.25) is 0 Å². The Labute approximate surface area is 136 Å². The molecule has 3 nitrogen and oxygen atoms in total. The Hall–Kier alpha value is -1.10. The summed E-state index contributed by atoms with van der Waals surface area (Å²) in [7, 11) is 2.07. The summed E-state index contributed by atoms with van der Waals surface area (Å²) in [6.07, 6.45) is 1.85. The quantitative estimate of drug-likeness (QED) is 0.828. The largest absolute Gasteiger partial charge is 0.354 e. The van der Waals surface area contributed by atoms with Crippen LogP contribution in [-0.4, -0.2) is 18.6 Å². The minimum Gasteiger partial charge on any atom is -0.354 e. The molecule has 0 bridgehead atoms. The number of thiophene rings is 1. The van der Waals surface area contributed by atoms with Gasteiger partial charge in [-0.25, -0.2) is 4.98 Å². The predicted molar refractivity (Wildman–Crippen MR) is 92.2 cm³/mol. The molecule has 114 valence electrons. The zero-order valence-electron chi connectivity index (χ0n) is 12.8. The van der Waals surface area contributed by atoms with Gasteiger partial charge < -0.3 is 10.2 Å². The zero-order valence-corrected chi connectivity index (χ0v) is 14.3. The van der Waals surface area contributed by atoms with Crippen LogP contribution in [-0.2, 0) is 13.1 Å². The Morgan fingerprint density at radius 1 is 1.33 bits per heavy atom. The third-order valence-corrected chi connectivity index (χ3v) is 4.33. The minimum absolute atomic E-state index is 0.649. The van der Waals surface area contributed by atoms with Crippen LogP contribution in [0.2, 0.25) is 4.34 Å². The molecule has 0 saturated heterocycles. The van der Waals surface area contributed by atoms with E-state index in [-0.39, 0.29) is 0 Å². The number of pyridine rings is 1. The van der Waals surface area contributed by atoms with E-state index in [4.69, 9.17) is 11.6 Å². The van der Waals surface area contributed by atoms with Gasteiger partial charge in [0.1, 0.15) is 5.82 Å². The molecule has 0 radical (unpaired) electrons. The lowest BCUT2D eigenvalue weighted by molar-refractivity contribution is 0.551. The molecule has 1 N–H and O–H groups in total. The number of hydrogen-bond acceptors (Lipinski definition) is 4. The summed E-state index contributed by atoms with van der Waals surface area (Å²) in [6, 6.07) is 8.14. The lowest BCUT2D eigenvalue weighted by Crippen LogP contribution is -2.23. The summed E-state index contributed by atoms with van der Waals surface area (Å²) < 4.78 is 0.832. The first kappa shape index (κ1) is 16.3. The molecule has 2 aromatic rings. The summed E-state index contributed by atoms with van der Waals surface area (Å²) >= 11 is 7.61. The molecule has 0 aliphatic carbocycles. The van der Waals surface area contributed by atoms with Crippen molar-refractivity contribution in [3.05, 3.63) is 45.2 Å². The number of nitrogens with zero attached hydrogens (tertiary/aromatic N) is 2. The van der Waals surface area contributed by atoms with Gasteiger partial charge in [0, 0.05) is 30.2 Å². The Balaban J connectivity index is 2.04. The molecule has 0 amide bonds. The second-order valence-corrected chi connectivity index (χ2v) is 7.37. The van der Waals surface area contributed by atoms with Gasteiger partial charge >= 0.3 is 0 Å². The minimum atomic E-state index is 0.649. The smallest absolute Gasteiger partial charge is 0.133 e. The lowest BCUT2D eigenvalue weighted by Gasteiger charge is -2.21. The fourth-order valence-electron chi connectivity index (χ4n) is 2.15. The van der Waals surface area contributed by atoms with E-state index >= 15 is 0 Å². The highest BCUT2D eigenvalue weighted by Gasteiger charge is 2.10. The van der Waals surface area contributed by atoms with Crippen LogP contribution >= 0.6 is 22.9 Å². The van der Waals surface area contributed by atoms with Gasteiger partial charge in [0.15, 0.2) is 0 Å². The zero-order chi connectivity index (χ0) is 15.2. The van der Waals surface area contributed by atoms with Gasteiger partial charge in [-0.2, -0.15) is 0 Å². The number of halogens is 1. The second-order valence-electron chi connectivity index (χ2n) is 5.57. The highest BCUT2D eigenvalue weighted by molar-refractivity contribution is 7.16. The molecular formula is C16H22ClN3S. The Bertz CT molecular complexity index is 568. The molecule has 0 aromatic carbocycles. The van der Waals surface area contributed by atoms with E-state index in [1.165, 1.54) is 10.4 Å². The molecule has 5 heteroatoms. The maximum absolute atomic E-state index is 5.99. The summed E-state index contributed by atoms with van der Waals surface area (Å²) in [5, 5.41) is 3.48. The van der Waals surface area contributed by atoms with Crippen LogP contribution in [0.4, 0.5) is 5.82 Å². The Morgan fingerprint density at radius 2 is 2.14 bits per heavy atom. The van der Waals surface area contributed by atoms with Gasteiger partial charge in [0.25, 0.3) is 0 Å². The predicted octanol–water partition coefficient (Wildman–Crippen LogP) is 4.18. The van der Waals surface area contributed by atoms with Crippen LogP contribution in [0.1, 0.15) is 24.3 Å². The fourth-order valence-corrected chi connectivity index (χ4v) is 3.29. The summed E-state index contributed by atoms with van der Waals surface area (Å²) in [5.41, 5.74) is 1.23. The number of rotatable bonds is 7. The molecule has 2 heterocycles.